The molecule has 3 aromatic rings. The van der Waals surface area contributed by atoms with Crippen LogP contribution in [0.3, 0.4) is 0 Å². The topological polar surface area (TPSA) is 73.6 Å². The Morgan fingerprint density at radius 2 is 1.52 bits per heavy atom. The zero-order chi connectivity index (χ0) is 16.9. The Hall–Kier alpha value is -1.73. The van der Waals surface area contributed by atoms with Gasteiger partial charge in [-0.1, -0.05) is 36.4 Å². The zero-order valence-corrected chi connectivity index (χ0v) is 15.7. The molecule has 6 heteroatoms. The van der Waals surface area contributed by atoms with E-state index in [9.17, 15) is 5.11 Å². The molecule has 0 amide bonds. The number of nitrogens with two attached hydrogens (primary N) is 1. The predicted molar refractivity (Wildman–Crippen MR) is 97.1 cm³/mol. The number of nitrogens with zero attached hydrogens (tertiary/aromatic N) is 2. The molecule has 2 heterocycles. The van der Waals surface area contributed by atoms with Crippen molar-refractivity contribution >= 4 is 27.5 Å². The summed E-state index contributed by atoms with van der Waals surface area (Å²) in [6.07, 6.45) is 0. The molecule has 25 heavy (non-hydrogen) atoms. The number of aromatic nitrogens is 1. The molecule has 1 aromatic heterocycles. The molecule has 0 fully saturated rings. The lowest BCUT2D eigenvalue weighted by molar-refractivity contribution is -0.643. The van der Waals surface area contributed by atoms with E-state index >= 15 is 0 Å². The van der Waals surface area contributed by atoms with Crippen molar-refractivity contribution in [1.82, 2.24) is 0 Å². The quantitative estimate of drug-likeness (QED) is 0.349. The van der Waals surface area contributed by atoms with Gasteiger partial charge in [0, 0.05) is 17.3 Å². The van der Waals surface area contributed by atoms with E-state index in [1.54, 1.807) is 0 Å². The number of halogens is 1. The number of hydrogen-bond donors (Lipinski definition) is 3. The molecule has 4 N–H and O–H groups in total. The van der Waals surface area contributed by atoms with Gasteiger partial charge in [0.1, 0.15) is 25.2 Å². The second-order valence-electron chi connectivity index (χ2n) is 5.76. The summed E-state index contributed by atoms with van der Waals surface area (Å²) in [4.78, 5) is 2.29. The molecule has 1 aliphatic heterocycles. The first kappa shape index (κ1) is 19.6. The minimum atomic E-state index is 0. The third kappa shape index (κ3) is 3.77. The van der Waals surface area contributed by atoms with Crippen LogP contribution in [-0.4, -0.2) is 43.1 Å². The number of benzene rings is 2. The van der Waals surface area contributed by atoms with E-state index in [0.717, 1.165) is 13.1 Å². The Morgan fingerprint density at radius 1 is 0.920 bits per heavy atom. The Bertz CT molecular complexity index is 839. The molecule has 0 unspecified atom stereocenters. The maximum Gasteiger partial charge on any atom is 0.285 e. The zero-order valence-electron chi connectivity index (χ0n) is 14.1. The minimum absolute atomic E-state index is 0. The van der Waals surface area contributed by atoms with Gasteiger partial charge in [0.05, 0.1) is 18.6 Å². The number of β-amino-alcohol motifs (C(OH)–C–C–N with tert-alkyl or cyclic N) is 1. The number of hydrogen-bond acceptors (Lipinski definition) is 4. The summed E-state index contributed by atoms with van der Waals surface area (Å²) < 4.78 is 2.38. The summed E-state index contributed by atoms with van der Waals surface area (Å²) in [5.41, 5.74) is 6.06. The first-order valence-electron chi connectivity index (χ1n) is 8.31. The molecule has 4 rings (SSSR count). The van der Waals surface area contributed by atoms with E-state index in [1.165, 1.54) is 27.5 Å². The third-order valence-corrected chi connectivity index (χ3v) is 4.30. The first-order chi connectivity index (χ1) is 11.8. The molecular formula is C19H24BrN3O2. The second kappa shape index (κ2) is 9.10. The van der Waals surface area contributed by atoms with Crippen LogP contribution < -0.4 is 32.2 Å². The highest BCUT2D eigenvalue weighted by Gasteiger charge is 2.31. The summed E-state index contributed by atoms with van der Waals surface area (Å²) in [7, 11) is 0. The van der Waals surface area contributed by atoms with Gasteiger partial charge in [-0.25, -0.2) is 4.57 Å². The van der Waals surface area contributed by atoms with Gasteiger partial charge in [-0.05, 0) is 12.1 Å². The summed E-state index contributed by atoms with van der Waals surface area (Å²) in [6.45, 7) is 3.32. The maximum atomic E-state index is 9.29. The van der Waals surface area contributed by atoms with Crippen LogP contribution in [0.5, 0.6) is 0 Å². The van der Waals surface area contributed by atoms with E-state index in [-0.39, 0.29) is 30.2 Å². The number of anilines is 1. The van der Waals surface area contributed by atoms with E-state index in [2.05, 4.69) is 58.0 Å². The molecular weight excluding hydrogens is 382 g/mol. The highest BCUT2D eigenvalue weighted by atomic mass is 79.9. The number of pyridine rings is 1. The molecule has 0 radical (unpaired) electrons. The van der Waals surface area contributed by atoms with Crippen molar-refractivity contribution in [3.05, 3.63) is 48.5 Å². The van der Waals surface area contributed by atoms with Crippen LogP contribution in [0.4, 0.5) is 5.82 Å². The molecule has 0 saturated carbocycles. The number of fused-ring (bicyclic) bond motifs is 6. The third-order valence-electron chi connectivity index (χ3n) is 4.30. The summed E-state index contributed by atoms with van der Waals surface area (Å²) in [5, 5.41) is 20.9. The molecule has 0 aliphatic carbocycles. The van der Waals surface area contributed by atoms with Crippen LogP contribution in [0.25, 0.3) is 21.7 Å². The van der Waals surface area contributed by atoms with Gasteiger partial charge in [-0.2, -0.15) is 0 Å². The van der Waals surface area contributed by atoms with Crippen molar-refractivity contribution in [2.45, 2.75) is 6.54 Å². The van der Waals surface area contributed by atoms with Crippen LogP contribution in [-0.2, 0) is 6.54 Å². The number of para-hydroxylation sites is 1. The molecule has 5 nitrogen and oxygen atoms in total. The SMILES string of the molecule is NCCO.OCCN1CC[n+]2c1c1ccccc1c1ccccc12.[Br-]. The maximum absolute atomic E-state index is 9.29. The van der Waals surface area contributed by atoms with Gasteiger partial charge in [-0.3, -0.25) is 4.90 Å². The average molecular weight is 406 g/mol. The Morgan fingerprint density at radius 3 is 2.16 bits per heavy atom. The number of aliphatic hydroxyl groups excluding tert-OH is 2. The second-order valence-corrected chi connectivity index (χ2v) is 5.76. The highest BCUT2D eigenvalue weighted by Crippen LogP contribution is 2.31. The van der Waals surface area contributed by atoms with Gasteiger partial charge < -0.3 is 32.9 Å². The van der Waals surface area contributed by atoms with Crippen molar-refractivity contribution in [2.24, 2.45) is 5.73 Å². The van der Waals surface area contributed by atoms with Gasteiger partial charge in [0.25, 0.3) is 5.82 Å². The van der Waals surface area contributed by atoms with Gasteiger partial charge in [0.2, 0.25) is 0 Å². The monoisotopic (exact) mass is 405 g/mol. The fraction of sp³-hybridized carbons (Fsp3) is 0.316. The molecule has 0 saturated heterocycles. The summed E-state index contributed by atoms with van der Waals surface area (Å²) in [6, 6.07) is 17.1. The number of aliphatic hydroxyl groups is 2. The van der Waals surface area contributed by atoms with Gasteiger partial charge in [-0.15, -0.1) is 0 Å². The van der Waals surface area contributed by atoms with E-state index in [1.807, 2.05) is 0 Å². The molecule has 2 aromatic carbocycles. The molecule has 134 valence electrons. The Balaban J connectivity index is 0.000000411. The van der Waals surface area contributed by atoms with Crippen molar-refractivity contribution < 1.29 is 31.8 Å². The molecule has 0 bridgehead atoms. The lowest BCUT2D eigenvalue weighted by Gasteiger charge is -2.12. The van der Waals surface area contributed by atoms with E-state index in [4.69, 9.17) is 10.8 Å². The lowest BCUT2D eigenvalue weighted by atomic mass is 10.1. The Kier molecular flexibility index (Phi) is 7.13. The van der Waals surface area contributed by atoms with Crippen LogP contribution >= 0.6 is 0 Å². The normalized spacial score (nSPS) is 12.5. The predicted octanol–water partition coefficient (Wildman–Crippen LogP) is -1.97. The smallest absolute Gasteiger partial charge is 0.285 e. The first-order valence-corrected chi connectivity index (χ1v) is 8.31. The van der Waals surface area contributed by atoms with Gasteiger partial charge >= 0.3 is 0 Å². The fourth-order valence-corrected chi connectivity index (χ4v) is 3.34. The van der Waals surface area contributed by atoms with E-state index < -0.39 is 0 Å². The van der Waals surface area contributed by atoms with E-state index in [0.29, 0.717) is 13.1 Å². The van der Waals surface area contributed by atoms with Crippen LogP contribution in [0, 0.1) is 0 Å². The fourth-order valence-electron chi connectivity index (χ4n) is 3.34. The van der Waals surface area contributed by atoms with Crippen molar-refractivity contribution in [3.8, 4) is 0 Å². The van der Waals surface area contributed by atoms with Crippen molar-refractivity contribution in [1.29, 1.82) is 0 Å². The average Bonchev–Trinajstić information content (AvgIpc) is 3.07. The minimum Gasteiger partial charge on any atom is -1.00 e. The van der Waals surface area contributed by atoms with Crippen molar-refractivity contribution in [2.75, 3.05) is 37.7 Å². The summed E-state index contributed by atoms with van der Waals surface area (Å²) in [5.74, 6) is 1.24. The largest absolute Gasteiger partial charge is 1.00 e. The van der Waals surface area contributed by atoms with Crippen LogP contribution in [0.15, 0.2) is 48.5 Å². The van der Waals surface area contributed by atoms with Crippen molar-refractivity contribution in [3.63, 3.8) is 0 Å². The standard InChI is InChI=1S/C17H17N2O.C2H7NO.BrH/c20-12-11-18-9-10-19-16-8-4-3-6-14(16)13-5-1-2-7-15(13)17(18)19;3-1-2-4;/h1-8,20H,9-12H2;4H,1-3H2;1H/q+1;;/p-1. The van der Waals surface area contributed by atoms with Gasteiger partial charge in [0.15, 0.2) is 0 Å². The molecule has 0 atom stereocenters. The Labute approximate surface area is 158 Å². The molecule has 0 spiro atoms. The number of rotatable bonds is 3. The molecule has 1 aliphatic rings. The van der Waals surface area contributed by atoms with Crippen LogP contribution in [0.1, 0.15) is 0 Å². The van der Waals surface area contributed by atoms with Crippen LogP contribution in [0.2, 0.25) is 0 Å². The summed E-state index contributed by atoms with van der Waals surface area (Å²) >= 11 is 0. The lowest BCUT2D eigenvalue weighted by Crippen LogP contribution is -3.00. The highest BCUT2D eigenvalue weighted by molar-refractivity contribution is 6.08.